The van der Waals surface area contributed by atoms with Crippen LogP contribution in [0.5, 0.6) is 0 Å². The van der Waals surface area contributed by atoms with Gasteiger partial charge < -0.3 is 0 Å². The lowest BCUT2D eigenvalue weighted by Gasteiger charge is -2.08. The van der Waals surface area contributed by atoms with Crippen molar-refractivity contribution in [2.45, 2.75) is 51.4 Å². The van der Waals surface area contributed by atoms with Gasteiger partial charge in [-0.3, -0.25) is 0 Å². The highest BCUT2D eigenvalue weighted by atomic mass is 32.3. The molecule has 0 aliphatic carbocycles. The van der Waals surface area contributed by atoms with Crippen molar-refractivity contribution >= 4 is 188 Å². The lowest BCUT2D eigenvalue weighted by atomic mass is 10.4. The number of thioether (sulfide) groups is 16. The molecule has 0 aromatic rings. The summed E-state index contributed by atoms with van der Waals surface area (Å²) >= 11 is 34.0. The highest BCUT2D eigenvalue weighted by Crippen LogP contribution is 2.68. The Bertz CT molecular complexity index is 1010. The van der Waals surface area contributed by atoms with Gasteiger partial charge in [0.15, 0.2) is 0 Å². The van der Waals surface area contributed by atoms with Crippen LogP contribution in [0.1, 0.15) is 51.4 Å². The van der Waals surface area contributed by atoms with Crippen molar-refractivity contribution in [3.8, 4) is 0 Å². The lowest BCUT2D eigenvalue weighted by Crippen LogP contribution is -1.87. The zero-order valence-corrected chi connectivity index (χ0v) is 36.9. The van der Waals surface area contributed by atoms with Gasteiger partial charge in [0.05, 0.1) is 50.8 Å². The SMILES string of the molecule is C1CCSC2=C3SCCCCSC4=C5SCCCCSC6=C(SCCCCSC7=C(SC1)SC(=C(S4)S5)S7)SC(=C(S2)S3)S6. The molecule has 0 spiro atoms. The van der Waals surface area contributed by atoms with E-state index in [9.17, 15) is 0 Å². The smallest absolute Gasteiger partial charge is 0.0717 e. The normalized spacial score (nSPS) is 27.3. The monoisotopic (exact) mass is 880 g/mol. The van der Waals surface area contributed by atoms with E-state index in [1.54, 1.807) is 50.8 Å². The van der Waals surface area contributed by atoms with Gasteiger partial charge in [-0.1, -0.05) is 94.1 Å². The molecule has 0 saturated heterocycles. The van der Waals surface area contributed by atoms with Gasteiger partial charge in [0, 0.05) is 0 Å². The van der Waals surface area contributed by atoms with E-state index < -0.39 is 0 Å². The molecule has 8 heterocycles. The van der Waals surface area contributed by atoms with Crippen molar-refractivity contribution in [1.82, 2.24) is 0 Å². The van der Waals surface area contributed by atoms with Crippen LogP contribution in [0.3, 0.4) is 0 Å². The molecule has 240 valence electrons. The van der Waals surface area contributed by atoms with E-state index in [2.05, 4.69) is 188 Å². The highest BCUT2D eigenvalue weighted by molar-refractivity contribution is 8.46. The molecule has 0 saturated carbocycles. The maximum absolute atomic E-state index is 2.15. The first-order valence-electron chi connectivity index (χ1n) is 14.7. The van der Waals surface area contributed by atoms with Gasteiger partial charge in [0.25, 0.3) is 0 Å². The van der Waals surface area contributed by atoms with Crippen LogP contribution in [0.4, 0.5) is 0 Å². The quantitative estimate of drug-likeness (QED) is 0.226. The van der Waals surface area contributed by atoms with Crippen molar-refractivity contribution in [2.75, 3.05) is 46.0 Å². The first-order valence-corrected chi connectivity index (χ1v) is 29.1. The minimum absolute atomic E-state index is 1.24. The second-order valence-electron chi connectivity index (χ2n) is 9.88. The van der Waals surface area contributed by atoms with Gasteiger partial charge in [0.2, 0.25) is 0 Å². The summed E-state index contributed by atoms with van der Waals surface area (Å²) in [6, 6.07) is 0. The van der Waals surface area contributed by atoms with Crippen molar-refractivity contribution in [3.63, 3.8) is 0 Å². The summed E-state index contributed by atoms with van der Waals surface area (Å²) in [7, 11) is 0. The van der Waals surface area contributed by atoms with Crippen LogP contribution in [0, 0.1) is 0 Å². The molecule has 0 amide bonds. The third kappa shape index (κ3) is 10.1. The third-order valence-electron chi connectivity index (χ3n) is 6.50. The van der Waals surface area contributed by atoms with E-state index in [-0.39, 0.29) is 0 Å². The van der Waals surface area contributed by atoms with Gasteiger partial charge in [-0.25, -0.2) is 0 Å². The fraction of sp³-hybridized carbons (Fsp3) is 0.571. The predicted molar refractivity (Wildman–Crippen MR) is 239 cm³/mol. The molecule has 8 rings (SSSR count). The maximum Gasteiger partial charge on any atom is 0.0717 e. The summed E-state index contributed by atoms with van der Waals surface area (Å²) in [6.07, 6.45) is 10.5. The van der Waals surface area contributed by atoms with Crippen molar-refractivity contribution in [3.05, 3.63) is 50.8 Å². The molecule has 0 unspecified atom stereocenters. The Labute approximate surface area is 331 Å². The Morgan fingerprint density at radius 2 is 0.318 bits per heavy atom. The van der Waals surface area contributed by atoms with E-state index in [1.165, 1.54) is 97.4 Å². The molecular weight excluding hydrogens is 849 g/mol. The number of fused-ring (bicyclic) bond motifs is 20. The summed E-state index contributed by atoms with van der Waals surface area (Å²) in [5, 5.41) is 0. The zero-order chi connectivity index (χ0) is 29.6. The zero-order valence-electron chi connectivity index (χ0n) is 23.8. The van der Waals surface area contributed by atoms with Crippen LogP contribution in [-0.4, -0.2) is 46.0 Å². The summed E-state index contributed by atoms with van der Waals surface area (Å²) < 4.78 is 19.0. The first-order chi connectivity index (χ1) is 21.8. The summed E-state index contributed by atoms with van der Waals surface area (Å²) in [5.41, 5.74) is 0. The first kappa shape index (κ1) is 36.4. The van der Waals surface area contributed by atoms with Gasteiger partial charge in [0.1, 0.15) is 0 Å². The molecule has 16 heteroatoms. The molecule has 8 aliphatic rings. The van der Waals surface area contributed by atoms with E-state index >= 15 is 0 Å². The van der Waals surface area contributed by atoms with Crippen molar-refractivity contribution < 1.29 is 0 Å². The average Bonchev–Trinajstić information content (AvgIpc) is 3.80. The lowest BCUT2D eigenvalue weighted by molar-refractivity contribution is 0.909. The molecule has 44 heavy (non-hydrogen) atoms. The minimum atomic E-state index is 1.24. The number of hydrogen-bond acceptors (Lipinski definition) is 16. The van der Waals surface area contributed by atoms with Gasteiger partial charge in [-0.15, -0.1) is 94.1 Å². The molecule has 0 radical (unpaired) electrons. The second kappa shape index (κ2) is 19.2. The van der Waals surface area contributed by atoms with E-state index in [1.807, 2.05) is 0 Å². The van der Waals surface area contributed by atoms with E-state index in [0.29, 0.717) is 0 Å². The van der Waals surface area contributed by atoms with Crippen molar-refractivity contribution in [1.29, 1.82) is 0 Å². The number of hydrogen-bond donors (Lipinski definition) is 0. The van der Waals surface area contributed by atoms with Crippen LogP contribution >= 0.6 is 188 Å². The number of rotatable bonds is 0. The largest absolute Gasteiger partial charge is 0.117 e. The molecule has 0 nitrogen and oxygen atoms in total. The molecule has 0 N–H and O–H groups in total. The molecule has 8 aliphatic heterocycles. The van der Waals surface area contributed by atoms with Gasteiger partial charge in [-0.05, 0) is 97.4 Å². The topological polar surface area (TPSA) is 0 Å². The summed E-state index contributed by atoms with van der Waals surface area (Å²) in [5.74, 6) is 9.95. The van der Waals surface area contributed by atoms with E-state index in [4.69, 9.17) is 0 Å². The fourth-order valence-corrected chi connectivity index (χ4v) is 28.8. The van der Waals surface area contributed by atoms with Gasteiger partial charge in [-0.2, -0.15) is 0 Å². The van der Waals surface area contributed by atoms with Crippen LogP contribution in [0.2, 0.25) is 0 Å². The Morgan fingerprint density at radius 3 is 0.455 bits per heavy atom. The highest BCUT2D eigenvalue weighted by Gasteiger charge is 2.33. The fourth-order valence-electron chi connectivity index (χ4n) is 4.27. The van der Waals surface area contributed by atoms with Crippen LogP contribution in [0.25, 0.3) is 0 Å². The maximum atomic E-state index is 2.15. The summed E-state index contributed by atoms with van der Waals surface area (Å²) in [4.78, 5) is 0. The Kier molecular flexibility index (Phi) is 15.9. The molecular formula is C28H32S16. The molecule has 12 bridgehead atoms. The molecule has 0 fully saturated rings. The molecule has 0 atom stereocenters. The summed E-state index contributed by atoms with van der Waals surface area (Å²) in [6.45, 7) is 0. The van der Waals surface area contributed by atoms with Crippen LogP contribution in [-0.2, 0) is 0 Å². The van der Waals surface area contributed by atoms with Gasteiger partial charge >= 0.3 is 0 Å². The minimum Gasteiger partial charge on any atom is -0.117 e. The molecule has 0 aromatic carbocycles. The van der Waals surface area contributed by atoms with E-state index in [0.717, 1.165) is 0 Å². The molecule has 0 aromatic heterocycles. The second-order valence-corrected chi connectivity index (χ2v) is 30.0. The third-order valence-corrected chi connectivity index (χ3v) is 30.3. The van der Waals surface area contributed by atoms with Crippen LogP contribution < -0.4 is 0 Å². The predicted octanol–water partition coefficient (Wildman–Crippen LogP) is 15.7. The standard InChI is InChI=1S/C28H32S16/c1-2-10-30-19-20-32-12-5-6-14-33-21-22-34-15-7-8-16-36-24-23(43-28(44-24)27(39-19)40-20)35-13-4-3-11-31-18-17(29-9-1)37-25(38-18)26(41-21)42-22/h1-16H2. The Balaban J connectivity index is 1.22. The Morgan fingerprint density at radius 1 is 0.182 bits per heavy atom. The van der Waals surface area contributed by atoms with Crippen molar-refractivity contribution in [2.24, 2.45) is 0 Å². The van der Waals surface area contributed by atoms with Crippen LogP contribution in [0.15, 0.2) is 50.8 Å². The average molecular weight is 882 g/mol. The Hall–Kier alpha value is 4.04.